The van der Waals surface area contributed by atoms with Gasteiger partial charge in [0.05, 0.1) is 17.9 Å². The molecule has 1 amide bonds. The Hall–Kier alpha value is -3.93. The highest BCUT2D eigenvalue weighted by atomic mass is 16.2. The Labute approximate surface area is 149 Å². The Bertz CT molecular complexity index is 988. The Morgan fingerprint density at radius 1 is 1.31 bits per heavy atom. The van der Waals surface area contributed by atoms with Crippen LogP contribution in [0.1, 0.15) is 21.9 Å². The normalized spacial score (nSPS) is 10.2. The van der Waals surface area contributed by atoms with Crippen LogP contribution >= 0.6 is 0 Å². The van der Waals surface area contributed by atoms with E-state index in [-0.39, 0.29) is 11.6 Å². The number of nitriles is 1. The van der Waals surface area contributed by atoms with Crippen molar-refractivity contribution in [3.63, 3.8) is 0 Å². The van der Waals surface area contributed by atoms with Gasteiger partial charge in [-0.15, -0.1) is 0 Å². The standard InChI is InChI=1S/C17H16N8O/c1-25-15(8-12(9-18)24-25)17(26)23-11-4-6-20-13(7-11)10-22-14-3-2-5-21-16(14)19/h2-8,22H,10H2,1H3,(H2,19,21)(H,20,23,26). The number of aryl methyl sites for hydroxylation is 1. The van der Waals surface area contributed by atoms with E-state index < -0.39 is 0 Å². The van der Waals surface area contributed by atoms with E-state index in [9.17, 15) is 4.79 Å². The third-order valence-electron chi connectivity index (χ3n) is 3.60. The van der Waals surface area contributed by atoms with Gasteiger partial charge in [-0.3, -0.25) is 14.5 Å². The molecular formula is C17H16N8O. The van der Waals surface area contributed by atoms with Crippen molar-refractivity contribution < 1.29 is 4.79 Å². The minimum absolute atomic E-state index is 0.186. The zero-order valence-electron chi connectivity index (χ0n) is 14.0. The number of nitrogens with zero attached hydrogens (tertiary/aromatic N) is 5. The van der Waals surface area contributed by atoms with Crippen molar-refractivity contribution in [2.24, 2.45) is 7.05 Å². The summed E-state index contributed by atoms with van der Waals surface area (Å²) in [4.78, 5) is 20.6. The van der Waals surface area contributed by atoms with Gasteiger partial charge in [0.15, 0.2) is 5.69 Å². The van der Waals surface area contributed by atoms with Crippen LogP contribution in [0.25, 0.3) is 0 Å². The molecule has 3 aromatic heterocycles. The number of aromatic nitrogens is 4. The molecule has 0 atom stereocenters. The maximum atomic E-state index is 12.4. The van der Waals surface area contributed by atoms with Crippen molar-refractivity contribution in [3.8, 4) is 6.07 Å². The minimum Gasteiger partial charge on any atom is -0.382 e. The second kappa shape index (κ2) is 7.31. The number of hydrogen-bond donors (Lipinski definition) is 3. The minimum atomic E-state index is -0.358. The molecule has 130 valence electrons. The zero-order valence-corrected chi connectivity index (χ0v) is 14.0. The highest BCUT2D eigenvalue weighted by Crippen LogP contribution is 2.16. The average molecular weight is 348 g/mol. The van der Waals surface area contributed by atoms with Gasteiger partial charge >= 0.3 is 0 Å². The fourth-order valence-corrected chi connectivity index (χ4v) is 2.33. The molecule has 4 N–H and O–H groups in total. The molecule has 0 aliphatic rings. The molecule has 3 heterocycles. The van der Waals surface area contributed by atoms with Crippen LogP contribution < -0.4 is 16.4 Å². The summed E-state index contributed by atoms with van der Waals surface area (Å²) in [6.07, 6.45) is 3.22. The molecule has 0 aliphatic carbocycles. The van der Waals surface area contributed by atoms with Crippen molar-refractivity contribution in [2.45, 2.75) is 6.54 Å². The Morgan fingerprint density at radius 2 is 2.15 bits per heavy atom. The Balaban J connectivity index is 1.69. The van der Waals surface area contributed by atoms with Crippen molar-refractivity contribution in [2.75, 3.05) is 16.4 Å². The third kappa shape index (κ3) is 3.76. The SMILES string of the molecule is Cn1nc(C#N)cc1C(=O)Nc1ccnc(CNc2cccnc2N)c1. The summed E-state index contributed by atoms with van der Waals surface area (Å²) in [7, 11) is 1.61. The van der Waals surface area contributed by atoms with E-state index in [1.807, 2.05) is 12.1 Å². The van der Waals surface area contributed by atoms with Crippen LogP contribution in [0.5, 0.6) is 0 Å². The van der Waals surface area contributed by atoms with Crippen molar-refractivity contribution >= 4 is 23.1 Å². The molecule has 9 heteroatoms. The first-order valence-corrected chi connectivity index (χ1v) is 7.71. The fraction of sp³-hybridized carbons (Fsp3) is 0.118. The highest BCUT2D eigenvalue weighted by Gasteiger charge is 2.13. The van der Waals surface area contributed by atoms with E-state index in [0.717, 1.165) is 0 Å². The van der Waals surface area contributed by atoms with Gasteiger partial charge in [0.25, 0.3) is 5.91 Å². The fourth-order valence-electron chi connectivity index (χ4n) is 2.33. The van der Waals surface area contributed by atoms with Crippen molar-refractivity contribution in [3.05, 3.63) is 59.8 Å². The van der Waals surface area contributed by atoms with Crippen molar-refractivity contribution in [1.82, 2.24) is 19.7 Å². The predicted octanol–water partition coefficient (Wildman–Crippen LogP) is 1.53. The molecule has 0 radical (unpaired) electrons. The smallest absolute Gasteiger partial charge is 0.273 e. The maximum Gasteiger partial charge on any atom is 0.273 e. The second-order valence-corrected chi connectivity index (χ2v) is 5.43. The topological polar surface area (TPSA) is 135 Å². The number of carbonyl (C=O) groups is 1. The number of rotatable bonds is 5. The van der Waals surface area contributed by atoms with Crippen LogP contribution in [0.3, 0.4) is 0 Å². The van der Waals surface area contributed by atoms with Crippen LogP contribution in [-0.4, -0.2) is 25.7 Å². The summed E-state index contributed by atoms with van der Waals surface area (Å²) >= 11 is 0. The van der Waals surface area contributed by atoms with Gasteiger partial charge in [-0.25, -0.2) is 4.98 Å². The zero-order chi connectivity index (χ0) is 18.5. The molecule has 0 fully saturated rings. The highest BCUT2D eigenvalue weighted by molar-refractivity contribution is 6.03. The number of nitrogens with two attached hydrogens (primary N) is 1. The number of hydrogen-bond acceptors (Lipinski definition) is 7. The third-order valence-corrected chi connectivity index (χ3v) is 3.60. The van der Waals surface area contributed by atoms with Gasteiger partial charge in [-0.1, -0.05) is 0 Å². The van der Waals surface area contributed by atoms with Gasteiger partial charge < -0.3 is 16.4 Å². The number of anilines is 3. The van der Waals surface area contributed by atoms with Crippen LogP contribution in [-0.2, 0) is 13.6 Å². The summed E-state index contributed by atoms with van der Waals surface area (Å²) < 4.78 is 1.36. The average Bonchev–Trinajstić information content (AvgIpc) is 3.02. The molecule has 0 saturated heterocycles. The number of carbonyl (C=O) groups excluding carboxylic acids is 1. The molecule has 0 saturated carbocycles. The number of nitrogen functional groups attached to an aromatic ring is 1. The molecule has 0 bridgehead atoms. The first kappa shape index (κ1) is 16.9. The molecule has 0 aliphatic heterocycles. The molecule has 3 aromatic rings. The van der Waals surface area contributed by atoms with Gasteiger partial charge in [0.1, 0.15) is 17.6 Å². The lowest BCUT2D eigenvalue weighted by Gasteiger charge is -2.09. The van der Waals surface area contributed by atoms with Gasteiger partial charge in [-0.2, -0.15) is 10.4 Å². The predicted molar refractivity (Wildman–Crippen MR) is 96.1 cm³/mol. The van der Waals surface area contributed by atoms with Crippen LogP contribution in [0.15, 0.2) is 42.7 Å². The maximum absolute atomic E-state index is 12.4. The molecule has 26 heavy (non-hydrogen) atoms. The van der Waals surface area contributed by atoms with Gasteiger partial charge in [-0.05, 0) is 24.3 Å². The largest absolute Gasteiger partial charge is 0.382 e. The molecule has 0 unspecified atom stereocenters. The van der Waals surface area contributed by atoms with Crippen molar-refractivity contribution in [1.29, 1.82) is 5.26 Å². The van der Waals surface area contributed by atoms with E-state index in [2.05, 4.69) is 25.7 Å². The summed E-state index contributed by atoms with van der Waals surface area (Å²) in [5.74, 6) is 0.0459. The summed E-state index contributed by atoms with van der Waals surface area (Å²) in [5, 5.41) is 18.7. The van der Waals surface area contributed by atoms with E-state index >= 15 is 0 Å². The van der Waals surface area contributed by atoms with E-state index in [4.69, 9.17) is 11.0 Å². The van der Waals surface area contributed by atoms with Gasteiger partial charge in [0.2, 0.25) is 0 Å². The number of amides is 1. The summed E-state index contributed by atoms with van der Waals surface area (Å²) in [5.41, 5.74) is 8.28. The lowest BCUT2D eigenvalue weighted by Crippen LogP contribution is -2.16. The molecule has 0 spiro atoms. The molecule has 9 nitrogen and oxygen atoms in total. The van der Waals surface area contributed by atoms with E-state index in [0.29, 0.717) is 35.1 Å². The molecule has 0 aromatic carbocycles. The first-order chi connectivity index (χ1) is 12.6. The van der Waals surface area contributed by atoms with E-state index in [1.54, 1.807) is 37.6 Å². The molecule has 3 rings (SSSR count). The molecular weight excluding hydrogens is 332 g/mol. The first-order valence-electron chi connectivity index (χ1n) is 7.71. The summed E-state index contributed by atoms with van der Waals surface area (Å²) in [6.45, 7) is 0.421. The van der Waals surface area contributed by atoms with Crippen LogP contribution in [0.4, 0.5) is 17.2 Å². The Morgan fingerprint density at radius 3 is 2.88 bits per heavy atom. The van der Waals surface area contributed by atoms with Gasteiger partial charge in [0, 0.05) is 31.2 Å². The van der Waals surface area contributed by atoms with E-state index in [1.165, 1.54) is 10.7 Å². The quantitative estimate of drug-likeness (QED) is 0.636. The lowest BCUT2D eigenvalue weighted by atomic mass is 10.2. The lowest BCUT2D eigenvalue weighted by molar-refractivity contribution is 0.101. The number of nitrogens with one attached hydrogen (secondary N) is 2. The monoisotopic (exact) mass is 348 g/mol. The van der Waals surface area contributed by atoms with Crippen LogP contribution in [0.2, 0.25) is 0 Å². The second-order valence-electron chi connectivity index (χ2n) is 5.43. The Kier molecular flexibility index (Phi) is 4.76. The van der Waals surface area contributed by atoms with Crippen LogP contribution in [0, 0.1) is 11.3 Å². The summed E-state index contributed by atoms with van der Waals surface area (Å²) in [6, 6.07) is 10.4. The number of pyridine rings is 2.